The van der Waals surface area contributed by atoms with E-state index in [-0.39, 0.29) is 18.4 Å². The highest BCUT2D eigenvalue weighted by atomic mass is 79.9. The molecule has 10 nitrogen and oxygen atoms in total. The molecule has 1 amide bonds. The van der Waals surface area contributed by atoms with Crippen LogP contribution in [0, 0.1) is 10.1 Å². The van der Waals surface area contributed by atoms with Crippen molar-refractivity contribution in [1.29, 1.82) is 0 Å². The Morgan fingerprint density at radius 3 is 2.45 bits per heavy atom. The predicted octanol–water partition coefficient (Wildman–Crippen LogP) is 3.97. The number of nitro groups is 1. The molecule has 31 heavy (non-hydrogen) atoms. The van der Waals surface area contributed by atoms with Crippen molar-refractivity contribution in [2.75, 3.05) is 0 Å². The second-order valence-electron chi connectivity index (χ2n) is 7.80. The molecule has 1 aromatic heterocycles. The topological polar surface area (TPSA) is 133 Å². The number of non-ortho nitro benzene ring substituents is 1. The van der Waals surface area contributed by atoms with E-state index in [1.807, 2.05) is 6.92 Å². The van der Waals surface area contributed by atoms with Gasteiger partial charge >= 0.3 is 12.2 Å². The lowest BCUT2D eigenvalue weighted by atomic mass is 9.91. The fourth-order valence-electron chi connectivity index (χ4n) is 2.87. The molecule has 1 N–H and O–H groups in total. The number of carbonyl (C=O) groups excluding carboxylic acids is 3. The summed E-state index contributed by atoms with van der Waals surface area (Å²) >= 11 is 3.48. The van der Waals surface area contributed by atoms with E-state index in [0.29, 0.717) is 5.56 Å². The number of nitrogens with zero attached hydrogens (tertiary/aromatic N) is 3. The second-order valence-corrected chi connectivity index (χ2v) is 8.65. The Hall–Kier alpha value is -3.04. The molecule has 0 saturated heterocycles. The first-order valence-electron chi connectivity index (χ1n) is 9.32. The van der Waals surface area contributed by atoms with Gasteiger partial charge in [0, 0.05) is 12.1 Å². The van der Waals surface area contributed by atoms with Crippen LogP contribution in [0.2, 0.25) is 0 Å². The van der Waals surface area contributed by atoms with Crippen LogP contribution in [0.15, 0.2) is 34.9 Å². The molecule has 1 unspecified atom stereocenters. The van der Waals surface area contributed by atoms with Crippen molar-refractivity contribution in [1.82, 2.24) is 15.1 Å². The van der Waals surface area contributed by atoms with Gasteiger partial charge in [-0.15, -0.1) is 0 Å². The summed E-state index contributed by atoms with van der Waals surface area (Å²) in [5.74, 6) is 0. The minimum Gasteiger partial charge on any atom is -0.444 e. The first kappa shape index (κ1) is 26.0. The summed E-state index contributed by atoms with van der Waals surface area (Å²) in [7, 11) is 0. The molecular weight excluding hydrogens is 472 g/mol. The van der Waals surface area contributed by atoms with Crippen LogP contribution in [0.5, 0.6) is 0 Å². The molecule has 0 aliphatic carbocycles. The molecule has 2 aromatic rings. The van der Waals surface area contributed by atoms with Crippen LogP contribution >= 0.6 is 15.9 Å². The zero-order chi connectivity index (χ0) is 23.8. The quantitative estimate of drug-likeness (QED) is 0.472. The first-order chi connectivity index (χ1) is 14.4. The number of amides is 1. The Labute approximate surface area is 188 Å². The van der Waals surface area contributed by atoms with E-state index in [9.17, 15) is 14.9 Å². The van der Waals surface area contributed by atoms with Gasteiger partial charge in [0.25, 0.3) is 5.69 Å². The average molecular weight is 497 g/mol. The van der Waals surface area contributed by atoms with E-state index < -0.39 is 22.2 Å². The van der Waals surface area contributed by atoms with Crippen LogP contribution in [0.1, 0.15) is 45.9 Å². The normalized spacial score (nSPS) is 12.6. The zero-order valence-corrected chi connectivity index (χ0v) is 19.6. The van der Waals surface area contributed by atoms with Crippen molar-refractivity contribution in [3.05, 3.63) is 56.3 Å². The minimum atomic E-state index is -0.982. The van der Waals surface area contributed by atoms with Gasteiger partial charge in [0.05, 0.1) is 33.4 Å². The minimum absolute atomic E-state index is 0.0490. The molecule has 0 spiro atoms. The van der Waals surface area contributed by atoms with Crippen LogP contribution in [0.3, 0.4) is 0 Å². The summed E-state index contributed by atoms with van der Waals surface area (Å²) in [4.78, 5) is 39.5. The molecule has 0 aliphatic rings. The lowest BCUT2D eigenvalue weighted by Gasteiger charge is -2.33. The standard InChI is InChI=1S/C19H25BrN4O4.CO2/c1-6-16-15(20)11-21-23(16)12-19(5,22-17(25)28-18(2,3)4)13-8-7-9-14(10-13)24(26)27;2-1-3/h7-11H,6,12H2,1-5H3,(H,22,25);. The van der Waals surface area contributed by atoms with Gasteiger partial charge in [0.2, 0.25) is 0 Å². The number of rotatable bonds is 6. The van der Waals surface area contributed by atoms with E-state index in [1.54, 1.807) is 50.7 Å². The lowest BCUT2D eigenvalue weighted by Crippen LogP contribution is -2.48. The van der Waals surface area contributed by atoms with E-state index in [0.717, 1.165) is 16.6 Å². The Morgan fingerprint density at radius 1 is 1.32 bits per heavy atom. The number of nitro benzene ring substituents is 1. The van der Waals surface area contributed by atoms with Gasteiger partial charge in [-0.2, -0.15) is 14.7 Å². The predicted molar refractivity (Wildman–Crippen MR) is 114 cm³/mol. The Morgan fingerprint density at radius 2 is 1.94 bits per heavy atom. The number of ether oxygens (including phenoxy) is 1. The lowest BCUT2D eigenvalue weighted by molar-refractivity contribution is -0.385. The molecule has 1 atom stereocenters. The highest BCUT2D eigenvalue weighted by Gasteiger charge is 2.33. The first-order valence-corrected chi connectivity index (χ1v) is 10.1. The molecule has 1 heterocycles. The van der Waals surface area contributed by atoms with Crippen molar-refractivity contribution >= 4 is 33.9 Å². The number of hydrogen-bond donors (Lipinski definition) is 1. The van der Waals surface area contributed by atoms with Gasteiger partial charge in [-0.3, -0.25) is 14.8 Å². The summed E-state index contributed by atoms with van der Waals surface area (Å²) in [5, 5.41) is 18.5. The van der Waals surface area contributed by atoms with E-state index >= 15 is 0 Å². The highest BCUT2D eigenvalue weighted by molar-refractivity contribution is 9.10. The summed E-state index contributed by atoms with van der Waals surface area (Å²) in [6.45, 7) is 9.41. The average Bonchev–Trinajstić information content (AvgIpc) is 2.99. The van der Waals surface area contributed by atoms with Gasteiger partial charge in [0.1, 0.15) is 5.60 Å². The van der Waals surface area contributed by atoms with Crippen LogP contribution in [-0.4, -0.2) is 32.5 Å². The van der Waals surface area contributed by atoms with Crippen molar-refractivity contribution in [2.24, 2.45) is 0 Å². The molecule has 0 bridgehead atoms. The fourth-order valence-corrected chi connectivity index (χ4v) is 3.45. The van der Waals surface area contributed by atoms with Crippen LogP contribution in [0.4, 0.5) is 10.5 Å². The smallest absolute Gasteiger partial charge is 0.408 e. The molecule has 0 aliphatic heterocycles. The van der Waals surface area contributed by atoms with Gasteiger partial charge in [0.15, 0.2) is 0 Å². The van der Waals surface area contributed by atoms with Gasteiger partial charge in [-0.05, 0) is 55.6 Å². The molecule has 0 saturated carbocycles. The fraction of sp³-hybridized carbons (Fsp3) is 0.450. The summed E-state index contributed by atoms with van der Waals surface area (Å²) < 4.78 is 8.06. The van der Waals surface area contributed by atoms with Gasteiger partial charge in [-0.25, -0.2) is 4.79 Å². The van der Waals surface area contributed by atoms with Crippen molar-refractivity contribution in [3.8, 4) is 0 Å². The third-order valence-electron chi connectivity index (χ3n) is 4.17. The monoisotopic (exact) mass is 496 g/mol. The largest absolute Gasteiger partial charge is 0.444 e. The second kappa shape index (κ2) is 10.8. The van der Waals surface area contributed by atoms with E-state index in [4.69, 9.17) is 14.3 Å². The van der Waals surface area contributed by atoms with Crippen molar-refractivity contribution < 1.29 is 24.0 Å². The SMILES string of the molecule is CCc1c(Br)cnn1CC(C)(NC(=O)OC(C)(C)C)c1cccc([N+](=O)[O-])c1.O=C=O. The number of alkyl carbamates (subject to hydrolysis) is 1. The number of aromatic nitrogens is 2. The van der Waals surface area contributed by atoms with Gasteiger partial charge < -0.3 is 10.1 Å². The number of benzene rings is 1. The maximum Gasteiger partial charge on any atom is 0.408 e. The Kier molecular flexibility index (Phi) is 9.08. The zero-order valence-electron chi connectivity index (χ0n) is 18.0. The van der Waals surface area contributed by atoms with Crippen LogP contribution in [-0.2, 0) is 32.8 Å². The molecule has 2 rings (SSSR count). The number of nitrogens with one attached hydrogen (secondary N) is 1. The molecule has 1 aromatic carbocycles. The molecular formula is C20H25BrN4O6. The highest BCUT2D eigenvalue weighted by Crippen LogP contribution is 2.29. The van der Waals surface area contributed by atoms with Crippen LogP contribution in [0.25, 0.3) is 0 Å². The van der Waals surface area contributed by atoms with E-state index in [2.05, 4.69) is 26.3 Å². The molecule has 0 radical (unpaired) electrons. The number of hydrogen-bond acceptors (Lipinski definition) is 7. The van der Waals surface area contributed by atoms with Crippen molar-refractivity contribution in [3.63, 3.8) is 0 Å². The summed E-state index contributed by atoms with van der Waals surface area (Å²) in [6, 6.07) is 6.22. The van der Waals surface area contributed by atoms with Crippen molar-refractivity contribution in [2.45, 2.75) is 58.7 Å². The molecule has 168 valence electrons. The number of halogens is 1. The third kappa shape index (κ3) is 7.62. The maximum atomic E-state index is 12.5. The van der Waals surface area contributed by atoms with E-state index in [1.165, 1.54) is 12.1 Å². The third-order valence-corrected chi connectivity index (χ3v) is 4.83. The van der Waals surface area contributed by atoms with Gasteiger partial charge in [-0.1, -0.05) is 19.1 Å². The Balaban J connectivity index is 0.00000151. The number of carbonyl (C=O) groups is 1. The summed E-state index contributed by atoms with van der Waals surface area (Å²) in [6.07, 6.45) is 2.07. The molecule has 11 heteroatoms. The summed E-state index contributed by atoms with van der Waals surface area (Å²) in [5.41, 5.74) is -0.156. The van der Waals surface area contributed by atoms with Crippen LogP contribution < -0.4 is 5.32 Å². The maximum absolute atomic E-state index is 12.5. The molecule has 0 fully saturated rings. The Bertz CT molecular complexity index is 963.